The van der Waals surface area contributed by atoms with E-state index in [1.54, 1.807) is 0 Å². The van der Waals surface area contributed by atoms with Gasteiger partial charge >= 0.3 is 23.7 Å². The molecule has 0 bridgehead atoms. The normalized spacial score (nSPS) is 12.1. The van der Waals surface area contributed by atoms with Gasteiger partial charge in [-0.3, -0.25) is 24.5 Å². The topological polar surface area (TPSA) is 163 Å². The van der Waals surface area contributed by atoms with Crippen LogP contribution in [0.5, 0.6) is 11.8 Å². The average Bonchev–Trinajstić information content (AvgIpc) is 2.96. The molecule has 45 heavy (non-hydrogen) atoms. The number of alkyl halides is 6. The summed E-state index contributed by atoms with van der Waals surface area (Å²) in [5.41, 5.74) is -11.1. The SMILES string of the molecule is O=c1[nH]c(=O)n(-c2cccc(C(F)(F)F)c2)c(O)c1C(c1ccccn1)c1c(O)n(-c2cccc(C(F)(F)F)c2)c(=O)[nH]c1=O. The lowest BCUT2D eigenvalue weighted by Gasteiger charge is -2.21. The molecule has 0 aliphatic carbocycles. The number of hydrogen-bond acceptors (Lipinski definition) is 7. The first kappa shape index (κ1) is 30.6. The lowest BCUT2D eigenvalue weighted by molar-refractivity contribution is -0.138. The third-order valence-corrected chi connectivity index (χ3v) is 6.67. The summed E-state index contributed by atoms with van der Waals surface area (Å²) in [6.45, 7) is 0. The highest BCUT2D eigenvalue weighted by Gasteiger charge is 2.36. The third kappa shape index (κ3) is 5.62. The van der Waals surface area contributed by atoms with E-state index in [2.05, 4.69) is 4.98 Å². The van der Waals surface area contributed by atoms with Gasteiger partial charge in [-0.1, -0.05) is 18.2 Å². The van der Waals surface area contributed by atoms with Crippen molar-refractivity contribution < 1.29 is 36.6 Å². The minimum absolute atomic E-state index is 0.261. The number of pyridine rings is 1. The van der Waals surface area contributed by atoms with Gasteiger partial charge in [0.25, 0.3) is 11.1 Å². The van der Waals surface area contributed by atoms with Gasteiger partial charge in [-0.15, -0.1) is 0 Å². The molecule has 0 aliphatic heterocycles. The van der Waals surface area contributed by atoms with Crippen molar-refractivity contribution in [3.63, 3.8) is 0 Å². The predicted octanol–water partition coefficient (Wildman–Crippen LogP) is 3.39. The summed E-state index contributed by atoms with van der Waals surface area (Å²) in [6, 6.07) is 10.2. The van der Waals surface area contributed by atoms with Crippen LogP contribution in [-0.4, -0.2) is 34.3 Å². The fourth-order valence-corrected chi connectivity index (χ4v) is 4.71. The molecule has 232 valence electrons. The number of halogens is 6. The Kier molecular flexibility index (Phi) is 7.48. The van der Waals surface area contributed by atoms with E-state index in [0.29, 0.717) is 33.4 Å². The van der Waals surface area contributed by atoms with E-state index < -0.39 is 86.2 Å². The van der Waals surface area contributed by atoms with Crippen molar-refractivity contribution in [2.24, 2.45) is 0 Å². The van der Waals surface area contributed by atoms with E-state index in [-0.39, 0.29) is 5.69 Å². The Morgan fingerprint density at radius 1 is 0.644 bits per heavy atom. The summed E-state index contributed by atoms with van der Waals surface area (Å²) in [5.74, 6) is -4.49. The van der Waals surface area contributed by atoms with Crippen LogP contribution in [0.1, 0.15) is 33.9 Å². The second kappa shape index (κ2) is 11.0. The fourth-order valence-electron chi connectivity index (χ4n) is 4.71. The van der Waals surface area contributed by atoms with Crippen molar-refractivity contribution in [3.05, 3.63) is 143 Å². The summed E-state index contributed by atoms with van der Waals surface area (Å²) >= 11 is 0. The predicted molar refractivity (Wildman–Crippen MR) is 144 cm³/mol. The molecule has 17 heteroatoms. The van der Waals surface area contributed by atoms with Gasteiger partial charge in [-0.25, -0.2) is 18.7 Å². The summed E-state index contributed by atoms with van der Waals surface area (Å²) in [4.78, 5) is 59.8. The second-order valence-electron chi connectivity index (χ2n) is 9.45. The molecule has 0 aliphatic rings. The molecule has 0 amide bonds. The molecule has 0 atom stereocenters. The number of H-pyrrole nitrogens is 2. The highest BCUT2D eigenvalue weighted by atomic mass is 19.4. The molecule has 5 aromatic rings. The Bertz CT molecular complexity index is 2030. The van der Waals surface area contributed by atoms with Crippen molar-refractivity contribution in [3.8, 4) is 23.1 Å². The minimum atomic E-state index is -4.87. The molecule has 2 aromatic carbocycles. The molecule has 3 aromatic heterocycles. The molecule has 0 spiro atoms. The second-order valence-corrected chi connectivity index (χ2v) is 9.45. The Labute approximate surface area is 245 Å². The van der Waals surface area contributed by atoms with E-state index in [1.165, 1.54) is 24.4 Å². The molecule has 5 rings (SSSR count). The molecule has 0 saturated heterocycles. The fraction of sp³-hybridized carbons (Fsp3) is 0.107. The zero-order valence-corrected chi connectivity index (χ0v) is 22.1. The number of nitrogens with zero attached hydrogens (tertiary/aromatic N) is 3. The molecule has 0 fully saturated rings. The number of hydrogen-bond donors (Lipinski definition) is 4. The molecule has 0 radical (unpaired) electrons. The van der Waals surface area contributed by atoms with Crippen LogP contribution >= 0.6 is 0 Å². The molecule has 0 unspecified atom stereocenters. The molecule has 3 heterocycles. The number of benzene rings is 2. The van der Waals surface area contributed by atoms with Crippen LogP contribution in [0.25, 0.3) is 11.4 Å². The highest BCUT2D eigenvalue weighted by molar-refractivity contribution is 5.51. The van der Waals surface area contributed by atoms with Crippen LogP contribution in [0.15, 0.2) is 92.1 Å². The molecule has 11 nitrogen and oxygen atoms in total. The van der Waals surface area contributed by atoms with Crippen molar-refractivity contribution >= 4 is 0 Å². The first-order chi connectivity index (χ1) is 21.1. The van der Waals surface area contributed by atoms with Crippen LogP contribution < -0.4 is 22.5 Å². The molecule has 0 saturated carbocycles. The van der Waals surface area contributed by atoms with Crippen LogP contribution in [0.2, 0.25) is 0 Å². The van der Waals surface area contributed by atoms with Gasteiger partial charge in [0, 0.05) is 6.20 Å². The largest absolute Gasteiger partial charge is 0.494 e. The molecular formula is C28H17F6N5O6. The Morgan fingerprint density at radius 2 is 1.09 bits per heavy atom. The van der Waals surface area contributed by atoms with Gasteiger partial charge in [0.2, 0.25) is 11.8 Å². The maximum absolute atomic E-state index is 13.4. The van der Waals surface area contributed by atoms with E-state index in [0.717, 1.165) is 24.3 Å². The summed E-state index contributed by atoms with van der Waals surface area (Å²) in [6.07, 6.45) is -8.57. The van der Waals surface area contributed by atoms with Gasteiger partial charge in [-0.05, 0) is 48.5 Å². The zero-order valence-electron chi connectivity index (χ0n) is 22.1. The van der Waals surface area contributed by atoms with Crippen molar-refractivity contribution in [2.45, 2.75) is 18.3 Å². The van der Waals surface area contributed by atoms with E-state index in [1.807, 2.05) is 9.97 Å². The first-order valence-electron chi connectivity index (χ1n) is 12.5. The van der Waals surface area contributed by atoms with Gasteiger partial charge in [-0.2, -0.15) is 26.3 Å². The van der Waals surface area contributed by atoms with Gasteiger partial charge in [0.1, 0.15) is 0 Å². The van der Waals surface area contributed by atoms with Crippen molar-refractivity contribution in [1.82, 2.24) is 24.1 Å². The van der Waals surface area contributed by atoms with Crippen molar-refractivity contribution in [1.29, 1.82) is 0 Å². The number of aromatic amines is 2. The van der Waals surface area contributed by atoms with Gasteiger partial charge in [0.15, 0.2) is 0 Å². The average molecular weight is 633 g/mol. The number of nitrogens with one attached hydrogen (secondary N) is 2. The Morgan fingerprint density at radius 3 is 1.47 bits per heavy atom. The first-order valence-corrected chi connectivity index (χ1v) is 12.5. The zero-order chi connectivity index (χ0) is 32.8. The Balaban J connectivity index is 1.85. The van der Waals surface area contributed by atoms with Gasteiger partial charge < -0.3 is 10.2 Å². The lowest BCUT2D eigenvalue weighted by atomic mass is 9.90. The standard InChI is InChI=1S/C28H17F6N5O6/c29-27(30,31)13-5-3-7-15(11-13)38-23(42)19(21(40)36-25(38)44)18(17-9-1-2-10-35-17)20-22(41)37-26(45)39(24(20)43)16-8-4-6-14(12-16)28(32,33)34/h1-12,18,42-43H,(H,36,40,44)(H,37,41,45). The number of aromatic hydroxyl groups is 2. The Hall–Kier alpha value is -5.87. The monoisotopic (exact) mass is 633 g/mol. The molecule has 4 N–H and O–H groups in total. The van der Waals surface area contributed by atoms with E-state index in [9.17, 15) is 55.7 Å². The summed E-state index contributed by atoms with van der Waals surface area (Å²) < 4.78 is 81.1. The maximum atomic E-state index is 13.4. The summed E-state index contributed by atoms with van der Waals surface area (Å²) in [7, 11) is 0. The van der Waals surface area contributed by atoms with Crippen molar-refractivity contribution in [2.75, 3.05) is 0 Å². The highest BCUT2D eigenvalue weighted by Crippen LogP contribution is 2.38. The van der Waals surface area contributed by atoms with Crippen LogP contribution in [0.4, 0.5) is 26.3 Å². The summed E-state index contributed by atoms with van der Waals surface area (Å²) in [5, 5.41) is 22.6. The van der Waals surface area contributed by atoms with Gasteiger partial charge in [0.05, 0.1) is 45.2 Å². The van der Waals surface area contributed by atoms with Crippen LogP contribution in [0.3, 0.4) is 0 Å². The van der Waals surface area contributed by atoms with Crippen LogP contribution in [0, 0.1) is 0 Å². The maximum Gasteiger partial charge on any atom is 0.416 e. The number of aromatic nitrogens is 5. The van der Waals surface area contributed by atoms with E-state index >= 15 is 0 Å². The minimum Gasteiger partial charge on any atom is -0.494 e. The molecular weight excluding hydrogens is 616 g/mol. The quantitative estimate of drug-likeness (QED) is 0.216. The van der Waals surface area contributed by atoms with Crippen LogP contribution in [-0.2, 0) is 12.4 Å². The van der Waals surface area contributed by atoms with E-state index in [4.69, 9.17) is 0 Å². The lowest BCUT2D eigenvalue weighted by Crippen LogP contribution is -2.37. The number of rotatable bonds is 5. The third-order valence-electron chi connectivity index (χ3n) is 6.67. The smallest absolute Gasteiger partial charge is 0.416 e.